The number of carboxylic acids is 1. The maximum Gasteiger partial charge on any atom is 0.356 e. The molecule has 92 valence electrons. The fourth-order valence-corrected chi connectivity index (χ4v) is 0.994. The molecule has 0 bridgehead atoms. The summed E-state index contributed by atoms with van der Waals surface area (Å²) in [6.07, 6.45) is 0.794. The molecular formula is C9H11N3O5. The van der Waals surface area contributed by atoms with Gasteiger partial charge in [-0.25, -0.2) is 9.59 Å². The molecule has 0 fully saturated rings. The van der Waals surface area contributed by atoms with Gasteiger partial charge in [-0.15, -0.1) is 0 Å². The van der Waals surface area contributed by atoms with E-state index < -0.39 is 18.0 Å². The van der Waals surface area contributed by atoms with Crippen molar-refractivity contribution in [1.82, 2.24) is 10.2 Å². The molecule has 1 unspecified atom stereocenters. The standard InChI is InChI=1S/C9H11N3O5/c1-2-16-9(15)8(6-3-4-10-12-6)17-11-5-7(13)14/h3-5,8H,2H2,1H3,(H,10,12)(H,13,14). The summed E-state index contributed by atoms with van der Waals surface area (Å²) >= 11 is 0. The van der Waals surface area contributed by atoms with Gasteiger partial charge in [-0.05, 0) is 13.0 Å². The summed E-state index contributed by atoms with van der Waals surface area (Å²) in [5.41, 5.74) is 0.325. The highest BCUT2D eigenvalue weighted by Crippen LogP contribution is 2.16. The van der Waals surface area contributed by atoms with Crippen molar-refractivity contribution < 1.29 is 24.3 Å². The number of nitrogens with one attached hydrogen (secondary N) is 1. The quantitative estimate of drug-likeness (QED) is 0.414. The highest BCUT2D eigenvalue weighted by atomic mass is 16.7. The van der Waals surface area contributed by atoms with E-state index >= 15 is 0 Å². The number of aromatic amines is 1. The van der Waals surface area contributed by atoms with Crippen LogP contribution in [0.3, 0.4) is 0 Å². The Kier molecular flexibility index (Phi) is 4.67. The second-order valence-electron chi connectivity index (χ2n) is 2.82. The number of oxime groups is 1. The fourth-order valence-electron chi connectivity index (χ4n) is 0.994. The zero-order chi connectivity index (χ0) is 12.7. The van der Waals surface area contributed by atoms with Crippen molar-refractivity contribution in [3.05, 3.63) is 18.0 Å². The van der Waals surface area contributed by atoms with Crippen LogP contribution in [0.2, 0.25) is 0 Å². The Morgan fingerprint density at radius 2 is 2.47 bits per heavy atom. The van der Waals surface area contributed by atoms with Crippen LogP contribution in [0.1, 0.15) is 18.7 Å². The summed E-state index contributed by atoms with van der Waals surface area (Å²) in [6, 6.07) is 1.50. The third-order valence-electron chi connectivity index (χ3n) is 1.63. The minimum absolute atomic E-state index is 0.176. The Morgan fingerprint density at radius 1 is 1.71 bits per heavy atom. The van der Waals surface area contributed by atoms with Crippen LogP contribution in [0.5, 0.6) is 0 Å². The third kappa shape index (κ3) is 3.93. The first-order valence-corrected chi connectivity index (χ1v) is 4.73. The first kappa shape index (κ1) is 12.7. The van der Waals surface area contributed by atoms with Gasteiger partial charge in [0.1, 0.15) is 0 Å². The predicted molar refractivity (Wildman–Crippen MR) is 55.2 cm³/mol. The van der Waals surface area contributed by atoms with Crippen LogP contribution in [0.4, 0.5) is 0 Å². The normalized spacial score (nSPS) is 12.3. The van der Waals surface area contributed by atoms with E-state index in [-0.39, 0.29) is 6.61 Å². The maximum atomic E-state index is 11.5. The van der Waals surface area contributed by atoms with Gasteiger partial charge in [-0.1, -0.05) is 5.16 Å². The maximum absolute atomic E-state index is 11.5. The molecule has 8 nitrogen and oxygen atoms in total. The summed E-state index contributed by atoms with van der Waals surface area (Å²) < 4.78 is 4.75. The third-order valence-corrected chi connectivity index (χ3v) is 1.63. The number of aromatic nitrogens is 2. The predicted octanol–water partition coefficient (Wildman–Crippen LogP) is 0.101. The Labute approximate surface area is 96.2 Å². The van der Waals surface area contributed by atoms with Gasteiger partial charge >= 0.3 is 11.9 Å². The van der Waals surface area contributed by atoms with Crippen molar-refractivity contribution in [2.45, 2.75) is 13.0 Å². The van der Waals surface area contributed by atoms with Crippen molar-refractivity contribution in [2.24, 2.45) is 5.16 Å². The van der Waals surface area contributed by atoms with E-state index in [0.717, 1.165) is 0 Å². The van der Waals surface area contributed by atoms with Gasteiger partial charge in [0.25, 0.3) is 6.10 Å². The molecule has 0 saturated heterocycles. The number of nitrogens with zero attached hydrogens (tertiary/aromatic N) is 2. The lowest BCUT2D eigenvalue weighted by atomic mass is 10.2. The molecule has 17 heavy (non-hydrogen) atoms. The summed E-state index contributed by atoms with van der Waals surface area (Å²) in [5, 5.41) is 17.7. The first-order chi connectivity index (χ1) is 8.15. The van der Waals surface area contributed by atoms with Crippen LogP contribution in [0.15, 0.2) is 17.4 Å². The van der Waals surface area contributed by atoms with Crippen molar-refractivity contribution in [3.8, 4) is 0 Å². The molecule has 1 heterocycles. The highest BCUT2D eigenvalue weighted by molar-refractivity contribution is 6.21. The SMILES string of the molecule is CCOC(=O)C(ON=CC(=O)O)c1ccn[nH]1. The van der Waals surface area contributed by atoms with Crippen molar-refractivity contribution in [3.63, 3.8) is 0 Å². The van der Waals surface area contributed by atoms with Crippen molar-refractivity contribution >= 4 is 18.2 Å². The largest absolute Gasteiger partial charge is 0.477 e. The zero-order valence-corrected chi connectivity index (χ0v) is 8.99. The van der Waals surface area contributed by atoms with Crippen molar-refractivity contribution in [1.29, 1.82) is 0 Å². The average Bonchev–Trinajstić information content (AvgIpc) is 2.77. The lowest BCUT2D eigenvalue weighted by Crippen LogP contribution is -2.18. The molecular weight excluding hydrogens is 230 g/mol. The lowest BCUT2D eigenvalue weighted by Gasteiger charge is -2.11. The molecule has 1 atom stereocenters. The van der Waals surface area contributed by atoms with Gasteiger partial charge in [0.15, 0.2) is 6.21 Å². The lowest BCUT2D eigenvalue weighted by molar-refractivity contribution is -0.157. The molecule has 2 N–H and O–H groups in total. The van der Waals surface area contributed by atoms with Crippen LogP contribution < -0.4 is 0 Å². The van der Waals surface area contributed by atoms with E-state index in [1.54, 1.807) is 6.92 Å². The van der Waals surface area contributed by atoms with E-state index in [1.807, 2.05) is 0 Å². The number of hydrogen-bond donors (Lipinski definition) is 2. The molecule has 0 amide bonds. The molecule has 1 aromatic rings. The zero-order valence-electron chi connectivity index (χ0n) is 8.99. The van der Waals surface area contributed by atoms with Gasteiger partial charge in [-0.2, -0.15) is 5.10 Å². The summed E-state index contributed by atoms with van der Waals surface area (Å²) in [4.78, 5) is 26.5. The Bertz CT molecular complexity index is 401. The van der Waals surface area contributed by atoms with Crippen LogP contribution >= 0.6 is 0 Å². The van der Waals surface area contributed by atoms with E-state index in [9.17, 15) is 9.59 Å². The Morgan fingerprint density at radius 3 is 3.00 bits per heavy atom. The average molecular weight is 241 g/mol. The van der Waals surface area contributed by atoms with Gasteiger partial charge in [0.2, 0.25) is 0 Å². The number of carbonyl (C=O) groups excluding carboxylic acids is 1. The van der Waals surface area contributed by atoms with E-state index in [0.29, 0.717) is 11.9 Å². The topological polar surface area (TPSA) is 114 Å². The monoisotopic (exact) mass is 241 g/mol. The molecule has 1 rings (SSSR count). The number of esters is 1. The molecule has 0 aliphatic heterocycles. The number of H-pyrrole nitrogens is 1. The summed E-state index contributed by atoms with van der Waals surface area (Å²) in [5.74, 6) is -1.96. The number of rotatable bonds is 6. The van der Waals surface area contributed by atoms with Crippen LogP contribution in [-0.2, 0) is 19.2 Å². The fraction of sp³-hybridized carbons (Fsp3) is 0.333. The molecule has 0 aromatic carbocycles. The second kappa shape index (κ2) is 6.26. The van der Waals surface area contributed by atoms with Crippen LogP contribution in [0, 0.1) is 0 Å². The number of carbonyl (C=O) groups is 2. The smallest absolute Gasteiger partial charge is 0.356 e. The number of ether oxygens (including phenoxy) is 1. The molecule has 0 aliphatic carbocycles. The second-order valence-corrected chi connectivity index (χ2v) is 2.82. The highest BCUT2D eigenvalue weighted by Gasteiger charge is 2.25. The molecule has 8 heteroatoms. The molecule has 0 spiro atoms. The van der Waals surface area contributed by atoms with Gasteiger partial charge in [0, 0.05) is 6.20 Å². The van der Waals surface area contributed by atoms with Crippen LogP contribution in [0.25, 0.3) is 0 Å². The summed E-state index contributed by atoms with van der Waals surface area (Å²) in [7, 11) is 0. The van der Waals surface area contributed by atoms with E-state index in [1.165, 1.54) is 12.3 Å². The molecule has 0 radical (unpaired) electrons. The van der Waals surface area contributed by atoms with Crippen molar-refractivity contribution in [2.75, 3.05) is 6.61 Å². The molecule has 0 aliphatic rings. The Balaban J connectivity index is 2.73. The summed E-state index contributed by atoms with van der Waals surface area (Å²) in [6.45, 7) is 1.82. The molecule has 1 aromatic heterocycles. The molecule has 0 saturated carbocycles. The van der Waals surface area contributed by atoms with Gasteiger partial charge in [-0.3, -0.25) is 5.10 Å². The minimum Gasteiger partial charge on any atom is -0.477 e. The number of hydrogen-bond acceptors (Lipinski definition) is 6. The number of carboxylic acid groups (broad SMARTS) is 1. The van der Waals surface area contributed by atoms with Gasteiger partial charge < -0.3 is 14.7 Å². The van der Waals surface area contributed by atoms with Crippen LogP contribution in [-0.4, -0.2) is 40.1 Å². The first-order valence-electron chi connectivity index (χ1n) is 4.73. The van der Waals surface area contributed by atoms with Gasteiger partial charge in [0.05, 0.1) is 12.3 Å². The Hall–Kier alpha value is -2.38. The number of aliphatic carboxylic acids is 1. The minimum atomic E-state index is -1.28. The van der Waals surface area contributed by atoms with E-state index in [4.69, 9.17) is 14.7 Å². The van der Waals surface area contributed by atoms with E-state index in [2.05, 4.69) is 15.4 Å².